The second-order valence-electron chi connectivity index (χ2n) is 5.16. The minimum atomic E-state index is 0.131. The van der Waals surface area contributed by atoms with E-state index >= 15 is 0 Å². The fourth-order valence-electron chi connectivity index (χ4n) is 2.29. The normalized spacial score (nSPS) is 14.9. The van der Waals surface area contributed by atoms with E-state index in [4.69, 9.17) is 4.74 Å². The van der Waals surface area contributed by atoms with E-state index < -0.39 is 0 Å². The summed E-state index contributed by atoms with van der Waals surface area (Å²) in [6.45, 7) is 6.31. The smallest absolute Gasteiger partial charge is 0.242 e. The van der Waals surface area contributed by atoms with E-state index in [0.717, 1.165) is 44.2 Å². The highest BCUT2D eigenvalue weighted by Gasteiger charge is 2.19. The lowest BCUT2D eigenvalue weighted by Crippen LogP contribution is -2.49. The van der Waals surface area contributed by atoms with Crippen molar-refractivity contribution in [1.82, 2.24) is 15.2 Å². The van der Waals surface area contributed by atoms with Crippen LogP contribution in [0.1, 0.15) is 13.3 Å². The van der Waals surface area contributed by atoms with Gasteiger partial charge in [0.2, 0.25) is 5.91 Å². The van der Waals surface area contributed by atoms with Gasteiger partial charge < -0.3 is 19.9 Å². The Bertz CT molecular complexity index is 461. The molecule has 6 nitrogen and oxygen atoms in total. The molecule has 0 spiro atoms. The summed E-state index contributed by atoms with van der Waals surface area (Å²) >= 11 is 0. The summed E-state index contributed by atoms with van der Waals surface area (Å²) < 4.78 is 5.70. The summed E-state index contributed by atoms with van der Waals surface area (Å²) in [4.78, 5) is 20.4. The van der Waals surface area contributed by atoms with E-state index in [1.807, 2.05) is 29.0 Å². The van der Waals surface area contributed by atoms with Crippen molar-refractivity contribution in [3.8, 4) is 5.75 Å². The lowest BCUT2D eigenvalue weighted by Gasteiger charge is -2.29. The molecule has 0 saturated carbocycles. The number of piperazine rings is 1. The number of amides is 1. The number of ether oxygens (including phenoxy) is 1. The van der Waals surface area contributed by atoms with Crippen molar-refractivity contribution in [2.24, 2.45) is 0 Å². The van der Waals surface area contributed by atoms with Gasteiger partial charge in [-0.2, -0.15) is 0 Å². The topological polar surface area (TPSA) is 57.7 Å². The first-order chi connectivity index (χ1) is 10.2. The number of likely N-dealkylation sites (N-methyl/N-ethyl adjacent to an activating group) is 1. The number of anilines is 1. The van der Waals surface area contributed by atoms with Crippen molar-refractivity contribution in [2.45, 2.75) is 13.3 Å². The van der Waals surface area contributed by atoms with Crippen LogP contribution in [0.3, 0.4) is 0 Å². The number of carbonyl (C=O) groups is 1. The minimum absolute atomic E-state index is 0.131. The van der Waals surface area contributed by atoms with Crippen molar-refractivity contribution in [3.63, 3.8) is 0 Å². The Labute approximate surface area is 126 Å². The maximum Gasteiger partial charge on any atom is 0.242 e. The molecular weight excluding hydrogens is 268 g/mol. The van der Waals surface area contributed by atoms with Gasteiger partial charge in [0.05, 0.1) is 13.2 Å². The summed E-state index contributed by atoms with van der Waals surface area (Å²) in [6.07, 6.45) is 2.66. The van der Waals surface area contributed by atoms with Crippen molar-refractivity contribution < 1.29 is 9.53 Å². The second kappa shape index (κ2) is 7.83. The third-order valence-electron chi connectivity index (χ3n) is 3.42. The quantitative estimate of drug-likeness (QED) is 0.838. The fourth-order valence-corrected chi connectivity index (χ4v) is 2.29. The van der Waals surface area contributed by atoms with Gasteiger partial charge in [-0.15, -0.1) is 0 Å². The van der Waals surface area contributed by atoms with Crippen LogP contribution in [0.25, 0.3) is 0 Å². The Hall–Kier alpha value is -1.82. The van der Waals surface area contributed by atoms with E-state index in [1.165, 1.54) is 0 Å². The zero-order chi connectivity index (χ0) is 15.1. The van der Waals surface area contributed by atoms with Gasteiger partial charge in [-0.05, 0) is 18.6 Å². The largest absolute Gasteiger partial charge is 0.490 e. The van der Waals surface area contributed by atoms with E-state index in [0.29, 0.717) is 13.2 Å². The highest BCUT2D eigenvalue weighted by atomic mass is 16.5. The van der Waals surface area contributed by atoms with Crippen LogP contribution in [-0.4, -0.2) is 62.2 Å². The van der Waals surface area contributed by atoms with Crippen LogP contribution < -0.4 is 15.0 Å². The molecule has 1 aromatic heterocycles. The summed E-state index contributed by atoms with van der Waals surface area (Å²) in [5.41, 5.74) is 0. The van der Waals surface area contributed by atoms with E-state index in [9.17, 15) is 4.79 Å². The lowest BCUT2D eigenvalue weighted by molar-refractivity contribution is -0.130. The molecule has 116 valence electrons. The van der Waals surface area contributed by atoms with Crippen molar-refractivity contribution >= 4 is 11.7 Å². The van der Waals surface area contributed by atoms with Gasteiger partial charge in [-0.3, -0.25) is 4.79 Å². The number of carbonyl (C=O) groups excluding carboxylic acids is 1. The maximum atomic E-state index is 12.3. The van der Waals surface area contributed by atoms with Gasteiger partial charge in [0.1, 0.15) is 0 Å². The number of nitrogens with zero attached hydrogens (tertiary/aromatic N) is 3. The molecule has 2 heterocycles. The van der Waals surface area contributed by atoms with Crippen molar-refractivity contribution in [3.05, 3.63) is 18.3 Å². The monoisotopic (exact) mass is 292 g/mol. The molecule has 21 heavy (non-hydrogen) atoms. The second-order valence-corrected chi connectivity index (χ2v) is 5.16. The van der Waals surface area contributed by atoms with Crippen LogP contribution in [-0.2, 0) is 4.79 Å². The zero-order valence-electron chi connectivity index (χ0n) is 12.8. The maximum absolute atomic E-state index is 12.3. The molecule has 1 aliphatic rings. The summed E-state index contributed by atoms with van der Waals surface area (Å²) in [6, 6.07) is 3.74. The average Bonchev–Trinajstić information content (AvgIpc) is 2.54. The predicted octanol–water partition coefficient (Wildman–Crippen LogP) is 0.738. The molecule has 1 aromatic rings. The van der Waals surface area contributed by atoms with Crippen LogP contribution in [0.15, 0.2) is 18.3 Å². The van der Waals surface area contributed by atoms with Crippen LogP contribution in [0.4, 0.5) is 5.82 Å². The Kier molecular flexibility index (Phi) is 5.80. The van der Waals surface area contributed by atoms with Crippen LogP contribution in [0.5, 0.6) is 5.75 Å². The molecule has 1 N–H and O–H groups in total. The fraction of sp³-hybridized carbons (Fsp3) is 0.600. The Morgan fingerprint density at radius 2 is 2.24 bits per heavy atom. The standard InChI is InChI=1S/C15H24N4O2/c1-3-11-21-13-5-4-6-17-15(13)18(2)12-14(20)19-9-7-16-8-10-19/h4-6,16H,3,7-12H2,1-2H3. The van der Waals surface area contributed by atoms with Crippen LogP contribution >= 0.6 is 0 Å². The number of pyridine rings is 1. The lowest BCUT2D eigenvalue weighted by atomic mass is 10.3. The first-order valence-electron chi connectivity index (χ1n) is 7.49. The molecule has 6 heteroatoms. The molecule has 1 saturated heterocycles. The van der Waals surface area contributed by atoms with Gasteiger partial charge in [0.15, 0.2) is 11.6 Å². The highest BCUT2D eigenvalue weighted by molar-refractivity contribution is 5.81. The van der Waals surface area contributed by atoms with Crippen LogP contribution in [0, 0.1) is 0 Å². The number of hydrogen-bond acceptors (Lipinski definition) is 5. The third kappa shape index (κ3) is 4.32. The number of rotatable bonds is 6. The third-order valence-corrected chi connectivity index (χ3v) is 3.42. The number of hydrogen-bond donors (Lipinski definition) is 1. The number of aromatic nitrogens is 1. The summed E-state index contributed by atoms with van der Waals surface area (Å²) in [5, 5.41) is 3.25. The van der Waals surface area contributed by atoms with Gasteiger partial charge >= 0.3 is 0 Å². The molecule has 0 radical (unpaired) electrons. The first-order valence-corrected chi connectivity index (χ1v) is 7.49. The molecule has 0 unspecified atom stereocenters. The van der Waals surface area contributed by atoms with Gasteiger partial charge in [0, 0.05) is 39.4 Å². The van der Waals surface area contributed by atoms with Crippen molar-refractivity contribution in [2.75, 3.05) is 51.3 Å². The van der Waals surface area contributed by atoms with E-state index in [1.54, 1.807) is 6.20 Å². The molecule has 1 fully saturated rings. The Balaban J connectivity index is 1.98. The van der Waals surface area contributed by atoms with Gasteiger partial charge in [0.25, 0.3) is 0 Å². The molecule has 0 aliphatic carbocycles. The SMILES string of the molecule is CCCOc1cccnc1N(C)CC(=O)N1CCNCC1. The Morgan fingerprint density at radius 1 is 1.48 bits per heavy atom. The summed E-state index contributed by atoms with van der Waals surface area (Å²) in [7, 11) is 1.88. The molecule has 0 aromatic carbocycles. The summed E-state index contributed by atoms with van der Waals surface area (Å²) in [5.74, 6) is 1.58. The predicted molar refractivity (Wildman–Crippen MR) is 82.7 cm³/mol. The van der Waals surface area contributed by atoms with E-state index in [-0.39, 0.29) is 5.91 Å². The highest BCUT2D eigenvalue weighted by Crippen LogP contribution is 2.24. The molecule has 2 rings (SSSR count). The molecular formula is C15H24N4O2. The molecule has 1 aliphatic heterocycles. The van der Waals surface area contributed by atoms with Gasteiger partial charge in [-0.25, -0.2) is 4.98 Å². The molecule has 1 amide bonds. The van der Waals surface area contributed by atoms with Crippen molar-refractivity contribution in [1.29, 1.82) is 0 Å². The van der Waals surface area contributed by atoms with Crippen LogP contribution in [0.2, 0.25) is 0 Å². The van der Waals surface area contributed by atoms with E-state index in [2.05, 4.69) is 17.2 Å². The molecule has 0 bridgehead atoms. The Morgan fingerprint density at radius 3 is 2.95 bits per heavy atom. The minimum Gasteiger partial charge on any atom is -0.490 e. The van der Waals surface area contributed by atoms with Gasteiger partial charge in [-0.1, -0.05) is 6.92 Å². The zero-order valence-corrected chi connectivity index (χ0v) is 12.8. The molecule has 0 atom stereocenters. The average molecular weight is 292 g/mol. The first kappa shape index (κ1) is 15.6. The number of nitrogens with one attached hydrogen (secondary N) is 1.